The summed E-state index contributed by atoms with van der Waals surface area (Å²) in [5, 5.41) is 9.62. The summed E-state index contributed by atoms with van der Waals surface area (Å²) in [5.41, 5.74) is 4.20. The van der Waals surface area contributed by atoms with E-state index in [1.54, 1.807) is 13.2 Å². The minimum atomic E-state index is 0.106. The molecule has 3 rings (SSSR count). The van der Waals surface area contributed by atoms with Crippen LogP contribution in [0.25, 0.3) is 22.7 Å². The van der Waals surface area contributed by atoms with Crippen LogP contribution in [0.5, 0.6) is 11.5 Å². The molecule has 1 aromatic heterocycles. The minimum Gasteiger partial charge on any atom is -0.493 e. The lowest BCUT2D eigenvalue weighted by atomic mass is 10.1. The number of aromatic amines is 1. The van der Waals surface area contributed by atoms with E-state index in [4.69, 9.17) is 9.47 Å². The number of H-pyrrole nitrogens is 1. The van der Waals surface area contributed by atoms with E-state index in [0.717, 1.165) is 28.6 Å². The first-order valence-electron chi connectivity index (χ1n) is 8.97. The van der Waals surface area contributed by atoms with Crippen molar-refractivity contribution in [2.45, 2.75) is 33.3 Å². The van der Waals surface area contributed by atoms with E-state index < -0.39 is 0 Å². The van der Waals surface area contributed by atoms with E-state index >= 15 is 0 Å². The van der Waals surface area contributed by atoms with Crippen molar-refractivity contribution in [3.05, 3.63) is 53.3 Å². The molecular formula is C22H23N3O2. The van der Waals surface area contributed by atoms with Crippen molar-refractivity contribution in [3.63, 3.8) is 0 Å². The molecule has 1 heterocycles. The number of fused-ring (bicyclic) bond motifs is 1. The summed E-state index contributed by atoms with van der Waals surface area (Å²) in [6.45, 7) is 6.11. The molecule has 0 saturated heterocycles. The second kappa shape index (κ2) is 7.96. The maximum atomic E-state index is 9.62. The van der Waals surface area contributed by atoms with E-state index in [-0.39, 0.29) is 6.10 Å². The number of hydrogen-bond donors (Lipinski definition) is 1. The maximum absolute atomic E-state index is 9.62. The van der Waals surface area contributed by atoms with Crippen molar-refractivity contribution in [3.8, 4) is 17.6 Å². The fourth-order valence-corrected chi connectivity index (χ4v) is 2.74. The molecule has 0 fully saturated rings. The molecule has 5 heteroatoms. The number of benzene rings is 2. The number of aromatic nitrogens is 2. The van der Waals surface area contributed by atoms with Gasteiger partial charge in [-0.15, -0.1) is 0 Å². The van der Waals surface area contributed by atoms with E-state index in [1.807, 2.05) is 50.2 Å². The first-order valence-corrected chi connectivity index (χ1v) is 8.97. The highest BCUT2D eigenvalue weighted by molar-refractivity contribution is 5.90. The number of hydrogen-bond acceptors (Lipinski definition) is 4. The van der Waals surface area contributed by atoms with Gasteiger partial charge in [-0.2, -0.15) is 5.26 Å². The number of aryl methyl sites for hydroxylation is 1. The lowest BCUT2D eigenvalue weighted by Gasteiger charge is -2.15. The fraction of sp³-hybridized carbons (Fsp3) is 0.273. The highest BCUT2D eigenvalue weighted by Crippen LogP contribution is 2.31. The van der Waals surface area contributed by atoms with Crippen LogP contribution in [0.1, 0.15) is 37.2 Å². The molecule has 0 aliphatic rings. The molecule has 138 valence electrons. The zero-order chi connectivity index (χ0) is 19.4. The van der Waals surface area contributed by atoms with Crippen LogP contribution in [0.3, 0.4) is 0 Å². The Hall–Kier alpha value is -3.26. The van der Waals surface area contributed by atoms with E-state index in [2.05, 4.69) is 23.0 Å². The van der Waals surface area contributed by atoms with Gasteiger partial charge >= 0.3 is 0 Å². The predicted octanol–water partition coefficient (Wildman–Crippen LogP) is 5.12. The van der Waals surface area contributed by atoms with Gasteiger partial charge in [0.25, 0.3) is 0 Å². The van der Waals surface area contributed by atoms with Crippen molar-refractivity contribution < 1.29 is 9.47 Å². The van der Waals surface area contributed by atoms with Crippen LogP contribution in [0.2, 0.25) is 0 Å². The van der Waals surface area contributed by atoms with Crippen LogP contribution in [0.4, 0.5) is 0 Å². The first kappa shape index (κ1) is 18.5. The number of nitrogens with one attached hydrogen (secondary N) is 1. The Labute approximate surface area is 159 Å². The molecule has 1 N–H and O–H groups in total. The van der Waals surface area contributed by atoms with Gasteiger partial charge in [0.2, 0.25) is 0 Å². The molecule has 1 unspecified atom stereocenters. The Morgan fingerprint density at radius 2 is 2.07 bits per heavy atom. The van der Waals surface area contributed by atoms with Crippen molar-refractivity contribution >= 4 is 22.7 Å². The third-order valence-corrected chi connectivity index (χ3v) is 4.41. The summed E-state index contributed by atoms with van der Waals surface area (Å²) in [6, 6.07) is 13.8. The lowest BCUT2D eigenvalue weighted by molar-refractivity contribution is 0.207. The van der Waals surface area contributed by atoms with Gasteiger partial charge in [-0.3, -0.25) is 0 Å². The largest absolute Gasteiger partial charge is 0.493 e. The topological polar surface area (TPSA) is 70.9 Å². The number of allylic oxidation sites excluding steroid dienone is 1. The Morgan fingerprint density at radius 3 is 2.78 bits per heavy atom. The van der Waals surface area contributed by atoms with Crippen molar-refractivity contribution in [2.24, 2.45) is 0 Å². The molecule has 0 bridgehead atoms. The minimum absolute atomic E-state index is 0.106. The normalized spacial score (nSPS) is 12.6. The van der Waals surface area contributed by atoms with Gasteiger partial charge in [-0.25, -0.2) is 4.98 Å². The van der Waals surface area contributed by atoms with Crippen molar-refractivity contribution in [1.29, 1.82) is 5.26 Å². The third-order valence-electron chi connectivity index (χ3n) is 4.41. The van der Waals surface area contributed by atoms with E-state index in [0.29, 0.717) is 22.9 Å². The molecule has 0 saturated carbocycles. The number of methoxy groups -OCH3 is 1. The Kier molecular flexibility index (Phi) is 5.46. The molecule has 0 radical (unpaired) electrons. The molecule has 2 aromatic carbocycles. The van der Waals surface area contributed by atoms with Gasteiger partial charge in [0, 0.05) is 0 Å². The number of nitriles is 1. The second-order valence-corrected chi connectivity index (χ2v) is 6.52. The summed E-state index contributed by atoms with van der Waals surface area (Å²) in [7, 11) is 1.61. The molecule has 3 aromatic rings. The average Bonchev–Trinajstić information content (AvgIpc) is 3.09. The molecule has 1 atom stereocenters. The fourth-order valence-electron chi connectivity index (χ4n) is 2.74. The standard InChI is InChI=1S/C22H23N3O2/c1-5-15(3)27-20-9-7-16(12-21(20)26-4)11-17(13-23)22-24-18-8-6-14(2)10-19(18)25-22/h6-12,15H,5H2,1-4H3,(H,24,25). The SMILES string of the molecule is CCC(C)Oc1ccc(C=C(C#N)c2nc3ccc(C)cc3[nH]2)cc1OC. The smallest absolute Gasteiger partial charge is 0.161 e. The lowest BCUT2D eigenvalue weighted by Crippen LogP contribution is -2.10. The molecule has 5 nitrogen and oxygen atoms in total. The quantitative estimate of drug-likeness (QED) is 0.619. The molecule has 27 heavy (non-hydrogen) atoms. The number of nitrogens with zero attached hydrogens (tertiary/aromatic N) is 2. The molecular weight excluding hydrogens is 338 g/mol. The summed E-state index contributed by atoms with van der Waals surface area (Å²) >= 11 is 0. The van der Waals surface area contributed by atoms with Gasteiger partial charge in [-0.1, -0.05) is 19.1 Å². The van der Waals surface area contributed by atoms with Crippen LogP contribution in [-0.2, 0) is 0 Å². The average molecular weight is 361 g/mol. The number of ether oxygens (including phenoxy) is 2. The third kappa shape index (κ3) is 4.12. The first-order chi connectivity index (χ1) is 13.0. The summed E-state index contributed by atoms with van der Waals surface area (Å²) in [5.74, 6) is 1.89. The number of imidazole rings is 1. The summed E-state index contributed by atoms with van der Waals surface area (Å²) in [4.78, 5) is 7.75. The van der Waals surface area contributed by atoms with Gasteiger partial charge in [-0.05, 0) is 61.7 Å². The predicted molar refractivity (Wildman–Crippen MR) is 108 cm³/mol. The Morgan fingerprint density at radius 1 is 1.26 bits per heavy atom. The van der Waals surface area contributed by atoms with Crippen LogP contribution in [-0.4, -0.2) is 23.2 Å². The van der Waals surface area contributed by atoms with Gasteiger partial charge in [0.15, 0.2) is 11.5 Å². The Bertz CT molecular complexity index is 1030. The van der Waals surface area contributed by atoms with Crippen molar-refractivity contribution in [2.75, 3.05) is 7.11 Å². The van der Waals surface area contributed by atoms with Crippen molar-refractivity contribution in [1.82, 2.24) is 9.97 Å². The van der Waals surface area contributed by atoms with Crippen LogP contribution in [0.15, 0.2) is 36.4 Å². The summed E-state index contributed by atoms with van der Waals surface area (Å²) in [6.07, 6.45) is 2.81. The Balaban J connectivity index is 1.96. The van der Waals surface area contributed by atoms with Gasteiger partial charge in [0.05, 0.1) is 29.8 Å². The summed E-state index contributed by atoms with van der Waals surface area (Å²) < 4.78 is 11.3. The zero-order valence-corrected chi connectivity index (χ0v) is 16.0. The van der Waals surface area contributed by atoms with E-state index in [9.17, 15) is 5.26 Å². The molecule has 0 aliphatic heterocycles. The zero-order valence-electron chi connectivity index (χ0n) is 16.0. The van der Waals surface area contributed by atoms with Crippen LogP contribution in [0, 0.1) is 18.3 Å². The van der Waals surface area contributed by atoms with Gasteiger partial charge < -0.3 is 14.5 Å². The second-order valence-electron chi connectivity index (χ2n) is 6.52. The molecule has 0 aliphatic carbocycles. The molecule has 0 amide bonds. The number of rotatable bonds is 6. The highest BCUT2D eigenvalue weighted by Gasteiger charge is 2.11. The maximum Gasteiger partial charge on any atom is 0.161 e. The van der Waals surface area contributed by atoms with Crippen LogP contribution >= 0.6 is 0 Å². The monoisotopic (exact) mass is 361 g/mol. The highest BCUT2D eigenvalue weighted by atomic mass is 16.5. The molecule has 0 spiro atoms. The van der Waals surface area contributed by atoms with Crippen LogP contribution < -0.4 is 9.47 Å². The van der Waals surface area contributed by atoms with E-state index in [1.165, 1.54) is 0 Å². The van der Waals surface area contributed by atoms with Gasteiger partial charge in [0.1, 0.15) is 11.9 Å².